The first kappa shape index (κ1) is 32.2. The number of benzene rings is 3. The maximum atomic E-state index is 14.8. The number of hydrogen-bond donors (Lipinski definition) is 2. The quantitative estimate of drug-likeness (QED) is 0.268. The van der Waals surface area contributed by atoms with Gasteiger partial charge in [-0.15, -0.1) is 0 Å². The molecule has 0 aliphatic carbocycles. The van der Waals surface area contributed by atoms with Crippen molar-refractivity contribution in [2.45, 2.75) is 18.6 Å². The second-order valence-corrected chi connectivity index (χ2v) is 13.1. The van der Waals surface area contributed by atoms with E-state index in [1.807, 2.05) is 30.5 Å². The van der Waals surface area contributed by atoms with E-state index < -0.39 is 11.6 Å². The van der Waals surface area contributed by atoms with E-state index in [4.69, 9.17) is 20.4 Å². The lowest BCUT2D eigenvalue weighted by atomic mass is 9.98. The predicted molar refractivity (Wildman–Crippen MR) is 191 cm³/mol. The highest BCUT2D eigenvalue weighted by molar-refractivity contribution is 5.96. The summed E-state index contributed by atoms with van der Waals surface area (Å²) in [5.74, 6) is 0.0949. The molecule has 0 spiro atoms. The number of nitrogens with one attached hydrogen (secondary N) is 1. The van der Waals surface area contributed by atoms with Crippen LogP contribution < -0.4 is 20.7 Å². The number of hydrogen-bond acceptors (Lipinski definition) is 10. The second-order valence-electron chi connectivity index (χ2n) is 13.1. The first-order valence-corrected chi connectivity index (χ1v) is 17.2. The van der Waals surface area contributed by atoms with Gasteiger partial charge < -0.3 is 20.7 Å². The van der Waals surface area contributed by atoms with E-state index in [2.05, 4.69) is 48.3 Å². The SMILES string of the molecule is Nc1cccc2c1C=NCCN1CCN(CCNCC3C[C@@H](CN3c3ncnc4c3cnn4-c3ccc(F)cc3F)Oc3cccc-2c3)CC1. The van der Waals surface area contributed by atoms with Gasteiger partial charge in [-0.05, 0) is 41.5 Å². The van der Waals surface area contributed by atoms with Gasteiger partial charge in [0, 0.05) is 88.4 Å². The third kappa shape index (κ3) is 6.63. The van der Waals surface area contributed by atoms with Crippen molar-refractivity contribution in [2.24, 2.45) is 4.99 Å². The number of piperazine rings is 1. The van der Waals surface area contributed by atoms with E-state index in [0.717, 1.165) is 93.8 Å². The fraction of sp³-hybridized carbons (Fsp3) is 0.351. The third-order valence-corrected chi connectivity index (χ3v) is 9.93. The molecule has 2 aromatic heterocycles. The molecule has 2 atom stereocenters. The van der Waals surface area contributed by atoms with Gasteiger partial charge in [0.05, 0.1) is 24.7 Å². The Labute approximate surface area is 289 Å². The van der Waals surface area contributed by atoms with E-state index in [9.17, 15) is 8.78 Å². The third-order valence-electron chi connectivity index (χ3n) is 9.93. The first-order chi connectivity index (χ1) is 24.5. The summed E-state index contributed by atoms with van der Waals surface area (Å²) in [7, 11) is 0. The van der Waals surface area contributed by atoms with Crippen molar-refractivity contribution in [3.05, 3.63) is 90.4 Å². The molecule has 0 radical (unpaired) electrons. The first-order valence-electron chi connectivity index (χ1n) is 17.2. The lowest BCUT2D eigenvalue weighted by Crippen LogP contribution is -2.49. The van der Waals surface area contributed by atoms with Crippen molar-refractivity contribution in [3.8, 4) is 22.6 Å². The molecule has 1 unspecified atom stereocenters. The van der Waals surface area contributed by atoms with Gasteiger partial charge in [0.15, 0.2) is 11.5 Å². The van der Waals surface area contributed by atoms with Crippen molar-refractivity contribution in [1.82, 2.24) is 34.9 Å². The highest BCUT2D eigenvalue weighted by Crippen LogP contribution is 2.34. The Kier molecular flexibility index (Phi) is 9.09. The molecule has 13 heteroatoms. The van der Waals surface area contributed by atoms with Crippen LogP contribution in [0.3, 0.4) is 0 Å². The number of nitrogens with two attached hydrogens (primary N) is 1. The van der Waals surface area contributed by atoms with E-state index in [1.54, 1.807) is 6.20 Å². The largest absolute Gasteiger partial charge is 0.488 e. The number of anilines is 2. The van der Waals surface area contributed by atoms with Gasteiger partial charge in [-0.2, -0.15) is 5.10 Å². The maximum Gasteiger partial charge on any atom is 0.168 e. The van der Waals surface area contributed by atoms with Crippen LogP contribution in [0, 0.1) is 11.6 Å². The van der Waals surface area contributed by atoms with Crippen LogP contribution in [-0.4, -0.2) is 113 Å². The van der Waals surface area contributed by atoms with Crippen molar-refractivity contribution < 1.29 is 13.5 Å². The van der Waals surface area contributed by atoms with Gasteiger partial charge in [0.2, 0.25) is 0 Å². The van der Waals surface area contributed by atoms with Crippen LogP contribution in [-0.2, 0) is 0 Å². The second kappa shape index (κ2) is 14.1. The average molecular weight is 679 g/mol. The van der Waals surface area contributed by atoms with E-state index in [-0.39, 0.29) is 17.8 Å². The van der Waals surface area contributed by atoms with Gasteiger partial charge in [0.25, 0.3) is 0 Å². The Morgan fingerprint density at radius 2 is 1.74 bits per heavy atom. The van der Waals surface area contributed by atoms with Gasteiger partial charge in [-0.1, -0.05) is 24.3 Å². The highest BCUT2D eigenvalue weighted by Gasteiger charge is 2.36. The Hall–Kier alpha value is -4.98. The minimum atomic E-state index is -0.717. The fourth-order valence-corrected chi connectivity index (χ4v) is 7.31. The molecule has 0 amide bonds. The van der Waals surface area contributed by atoms with Crippen LogP contribution in [0.1, 0.15) is 12.0 Å². The summed E-state index contributed by atoms with van der Waals surface area (Å²) in [6, 6.07) is 17.6. The van der Waals surface area contributed by atoms with Gasteiger partial charge >= 0.3 is 0 Å². The number of aliphatic imine (C=N–C) groups is 1. The molecule has 258 valence electrons. The topological polar surface area (TPSA) is 113 Å². The molecule has 3 aromatic carbocycles. The number of nitrogen functional groups attached to an aromatic ring is 1. The number of fused-ring (bicyclic) bond motifs is 8. The molecule has 3 N–H and O–H groups in total. The monoisotopic (exact) mass is 678 g/mol. The Bertz CT molecular complexity index is 2010. The van der Waals surface area contributed by atoms with Crippen molar-refractivity contribution in [1.29, 1.82) is 0 Å². The molecule has 6 bridgehead atoms. The van der Waals surface area contributed by atoms with Crippen LogP contribution in [0.4, 0.5) is 20.3 Å². The minimum Gasteiger partial charge on any atom is -0.488 e. The zero-order valence-electron chi connectivity index (χ0n) is 27.8. The summed E-state index contributed by atoms with van der Waals surface area (Å²) in [5, 5.41) is 8.84. The van der Waals surface area contributed by atoms with Crippen LogP contribution >= 0.6 is 0 Å². The molecule has 4 aliphatic heterocycles. The predicted octanol–water partition coefficient (Wildman–Crippen LogP) is 4.01. The summed E-state index contributed by atoms with van der Waals surface area (Å²) >= 11 is 0. The van der Waals surface area contributed by atoms with Crippen LogP contribution in [0.5, 0.6) is 5.75 Å². The summed E-state index contributed by atoms with van der Waals surface area (Å²) in [5.41, 5.74) is 10.6. The van der Waals surface area contributed by atoms with Crippen LogP contribution in [0.25, 0.3) is 27.8 Å². The number of halogens is 2. The maximum absolute atomic E-state index is 14.8. The summed E-state index contributed by atoms with van der Waals surface area (Å²) < 4.78 is 36.6. The molecule has 2 fully saturated rings. The minimum absolute atomic E-state index is 0.0647. The molecule has 4 aliphatic rings. The van der Waals surface area contributed by atoms with Crippen molar-refractivity contribution in [2.75, 3.05) is 76.1 Å². The zero-order chi connectivity index (χ0) is 34.0. The molecule has 11 nitrogen and oxygen atoms in total. The summed E-state index contributed by atoms with van der Waals surface area (Å²) in [6.07, 6.45) is 5.67. The van der Waals surface area contributed by atoms with Gasteiger partial charge in [0.1, 0.15) is 35.5 Å². The molecule has 6 heterocycles. The van der Waals surface area contributed by atoms with Crippen LogP contribution in [0.2, 0.25) is 0 Å². The van der Waals surface area contributed by atoms with Gasteiger partial charge in [-0.25, -0.2) is 23.4 Å². The number of nitrogens with zero attached hydrogens (tertiary/aromatic N) is 8. The zero-order valence-corrected chi connectivity index (χ0v) is 27.8. The molecular weight excluding hydrogens is 638 g/mol. The Balaban J connectivity index is 1.12. The molecule has 50 heavy (non-hydrogen) atoms. The Morgan fingerprint density at radius 3 is 2.60 bits per heavy atom. The lowest BCUT2D eigenvalue weighted by molar-refractivity contribution is 0.136. The number of ether oxygens (including phenoxy) is 1. The number of aromatic nitrogens is 4. The Morgan fingerprint density at radius 1 is 0.900 bits per heavy atom. The smallest absolute Gasteiger partial charge is 0.168 e. The molecular formula is C37H40F2N10O. The van der Waals surface area contributed by atoms with E-state index in [1.165, 1.54) is 23.1 Å². The van der Waals surface area contributed by atoms with Crippen LogP contribution in [0.15, 0.2) is 78.2 Å². The van der Waals surface area contributed by atoms with E-state index in [0.29, 0.717) is 29.1 Å². The van der Waals surface area contributed by atoms with Gasteiger partial charge in [-0.3, -0.25) is 14.8 Å². The molecule has 5 aromatic rings. The summed E-state index contributed by atoms with van der Waals surface area (Å²) in [4.78, 5) is 21.2. The molecule has 9 rings (SSSR count). The molecule has 0 saturated carbocycles. The highest BCUT2D eigenvalue weighted by atomic mass is 19.1. The normalized spacial score (nSPS) is 23.0. The fourth-order valence-electron chi connectivity index (χ4n) is 7.31. The molecule has 2 saturated heterocycles. The van der Waals surface area contributed by atoms with Crippen molar-refractivity contribution >= 4 is 28.8 Å². The standard InChI is InChI=1S/C37H40F2N10O/c38-26-7-8-35(33(39)18-26)49-37-32(22-45-49)36(43-24-44-37)48-23-29-19-27(48)20-41-9-11-46-13-15-47(16-14-46)12-10-42-21-31-30(5-2-6-34(31)40)25-3-1-4-28(17-25)50-29/h1-8,17-18,21-22,24,27,29,41H,9-16,19-20,23,40H2/t27?,29-/m0/s1. The number of rotatable bonds is 2. The average Bonchev–Trinajstić information content (AvgIpc) is 3.73. The van der Waals surface area contributed by atoms with Crippen molar-refractivity contribution in [3.63, 3.8) is 0 Å². The summed E-state index contributed by atoms with van der Waals surface area (Å²) in [6.45, 7) is 8.89. The van der Waals surface area contributed by atoms with E-state index >= 15 is 0 Å². The lowest BCUT2D eigenvalue weighted by Gasteiger charge is -2.34.